The van der Waals surface area contributed by atoms with Crippen LogP contribution < -0.4 is 0 Å². The van der Waals surface area contributed by atoms with Crippen LogP contribution in [0.15, 0.2) is 0 Å². The Kier molecular flexibility index (Phi) is 2.97. The van der Waals surface area contributed by atoms with E-state index in [1.807, 2.05) is 0 Å². The predicted molar refractivity (Wildman–Crippen MR) is 54.9 cm³/mol. The van der Waals surface area contributed by atoms with Gasteiger partial charge in [-0.05, 0) is 29.8 Å². The van der Waals surface area contributed by atoms with Crippen molar-refractivity contribution in [2.24, 2.45) is 11.3 Å². The molecule has 0 aromatic heterocycles. The molecule has 0 aliphatic heterocycles. The summed E-state index contributed by atoms with van der Waals surface area (Å²) in [7, 11) is 3.03. The zero-order chi connectivity index (χ0) is 8.48. The molecule has 0 saturated heterocycles. The van der Waals surface area contributed by atoms with Crippen LogP contribution in [0.3, 0.4) is 0 Å². The Morgan fingerprint density at radius 1 is 1.09 bits per heavy atom. The third-order valence-electron chi connectivity index (χ3n) is 2.93. The third-order valence-corrected chi connectivity index (χ3v) is 3.73. The maximum atomic E-state index is 3.03. The summed E-state index contributed by atoms with van der Waals surface area (Å²) < 4.78 is 0. The minimum Gasteiger partial charge on any atom is -0.134 e. The zero-order valence-corrected chi connectivity index (χ0v) is 9.22. The molecule has 0 bridgehead atoms. The fourth-order valence-electron chi connectivity index (χ4n) is 2.23. The fraction of sp³-hybridized carbons (Fsp3) is 1.00. The highest BCUT2D eigenvalue weighted by molar-refractivity contribution is 7.17. The SMILES string of the molecule is CC(C)(C)C1CCCCC1P. The van der Waals surface area contributed by atoms with Gasteiger partial charge in [-0.15, -0.1) is 9.24 Å². The van der Waals surface area contributed by atoms with Crippen molar-refractivity contribution in [1.82, 2.24) is 0 Å². The van der Waals surface area contributed by atoms with Gasteiger partial charge in [-0.3, -0.25) is 0 Å². The lowest BCUT2D eigenvalue weighted by molar-refractivity contribution is 0.187. The van der Waals surface area contributed by atoms with E-state index >= 15 is 0 Å². The normalized spacial score (nSPS) is 33.8. The average molecular weight is 172 g/mol. The number of hydrogen-bond donors (Lipinski definition) is 0. The van der Waals surface area contributed by atoms with Crippen LogP contribution in [0.4, 0.5) is 0 Å². The molecule has 1 aliphatic carbocycles. The minimum absolute atomic E-state index is 0.521. The number of hydrogen-bond acceptors (Lipinski definition) is 0. The van der Waals surface area contributed by atoms with Gasteiger partial charge in [-0.1, -0.05) is 33.6 Å². The first-order valence-electron chi connectivity index (χ1n) is 4.77. The van der Waals surface area contributed by atoms with Crippen molar-refractivity contribution in [2.45, 2.75) is 52.1 Å². The topological polar surface area (TPSA) is 0 Å². The van der Waals surface area contributed by atoms with Crippen LogP contribution >= 0.6 is 9.24 Å². The minimum atomic E-state index is 0.521. The van der Waals surface area contributed by atoms with Gasteiger partial charge in [-0.2, -0.15) is 0 Å². The van der Waals surface area contributed by atoms with E-state index < -0.39 is 0 Å². The Hall–Kier alpha value is 0.430. The predicted octanol–water partition coefficient (Wildman–Crippen LogP) is 3.47. The van der Waals surface area contributed by atoms with E-state index in [2.05, 4.69) is 30.0 Å². The molecule has 0 spiro atoms. The molecule has 0 heterocycles. The molecule has 0 aromatic carbocycles. The van der Waals surface area contributed by atoms with Crippen molar-refractivity contribution in [3.05, 3.63) is 0 Å². The van der Waals surface area contributed by atoms with Gasteiger partial charge in [0.05, 0.1) is 0 Å². The molecule has 0 radical (unpaired) electrons. The van der Waals surface area contributed by atoms with Gasteiger partial charge in [0.2, 0.25) is 0 Å². The summed E-state index contributed by atoms with van der Waals surface area (Å²) in [6.45, 7) is 7.13. The van der Waals surface area contributed by atoms with Crippen molar-refractivity contribution in [3.8, 4) is 0 Å². The highest BCUT2D eigenvalue weighted by Gasteiger charge is 2.31. The van der Waals surface area contributed by atoms with Crippen molar-refractivity contribution < 1.29 is 0 Å². The summed E-state index contributed by atoms with van der Waals surface area (Å²) >= 11 is 0. The lowest BCUT2D eigenvalue weighted by Gasteiger charge is -2.38. The molecule has 1 heteroatoms. The maximum absolute atomic E-state index is 3.03. The average Bonchev–Trinajstić information content (AvgIpc) is 1.86. The third kappa shape index (κ3) is 2.44. The largest absolute Gasteiger partial charge is 0.134 e. The summed E-state index contributed by atoms with van der Waals surface area (Å²) in [5.41, 5.74) is 1.40. The second kappa shape index (κ2) is 3.44. The quantitative estimate of drug-likeness (QED) is 0.491. The highest BCUT2D eigenvalue weighted by Crippen LogP contribution is 2.41. The molecular weight excluding hydrogens is 151 g/mol. The van der Waals surface area contributed by atoms with Gasteiger partial charge < -0.3 is 0 Å². The molecule has 1 saturated carbocycles. The van der Waals surface area contributed by atoms with Crippen LogP contribution in [-0.2, 0) is 0 Å². The van der Waals surface area contributed by atoms with Crippen molar-refractivity contribution in [2.75, 3.05) is 0 Å². The highest BCUT2D eigenvalue weighted by atomic mass is 31.0. The molecule has 3 atom stereocenters. The van der Waals surface area contributed by atoms with E-state index in [-0.39, 0.29) is 0 Å². The lowest BCUT2D eigenvalue weighted by Crippen LogP contribution is -2.31. The van der Waals surface area contributed by atoms with Crippen LogP contribution in [0, 0.1) is 11.3 Å². The van der Waals surface area contributed by atoms with Crippen LogP contribution in [-0.4, -0.2) is 5.66 Å². The lowest BCUT2D eigenvalue weighted by atomic mass is 9.72. The molecular formula is C10H21P. The fourth-order valence-corrected chi connectivity index (χ4v) is 3.24. The summed E-state index contributed by atoms with van der Waals surface area (Å²) in [4.78, 5) is 0. The maximum Gasteiger partial charge on any atom is -0.0231 e. The van der Waals surface area contributed by atoms with E-state index in [1.54, 1.807) is 0 Å². The second-order valence-electron chi connectivity index (χ2n) is 4.92. The van der Waals surface area contributed by atoms with Crippen molar-refractivity contribution in [3.63, 3.8) is 0 Å². The first kappa shape index (κ1) is 9.52. The van der Waals surface area contributed by atoms with E-state index in [1.165, 1.54) is 25.7 Å². The molecule has 0 nitrogen and oxygen atoms in total. The molecule has 11 heavy (non-hydrogen) atoms. The molecule has 0 amide bonds. The Morgan fingerprint density at radius 3 is 2.00 bits per heavy atom. The molecule has 0 N–H and O–H groups in total. The second-order valence-corrected chi connectivity index (χ2v) is 5.78. The molecule has 66 valence electrons. The van der Waals surface area contributed by atoms with Gasteiger partial charge in [0.25, 0.3) is 0 Å². The summed E-state index contributed by atoms with van der Waals surface area (Å²) in [6, 6.07) is 0. The molecule has 1 fully saturated rings. The Bertz CT molecular complexity index is 123. The number of rotatable bonds is 0. The van der Waals surface area contributed by atoms with Gasteiger partial charge in [0.15, 0.2) is 0 Å². The summed E-state index contributed by atoms with van der Waals surface area (Å²) in [6.07, 6.45) is 5.76. The first-order valence-corrected chi connectivity index (χ1v) is 5.44. The van der Waals surface area contributed by atoms with E-state index in [4.69, 9.17) is 0 Å². The molecule has 1 aliphatic rings. The monoisotopic (exact) mass is 172 g/mol. The summed E-state index contributed by atoms with van der Waals surface area (Å²) in [5, 5.41) is 0. The van der Waals surface area contributed by atoms with E-state index in [0.717, 1.165) is 11.6 Å². The smallest absolute Gasteiger partial charge is 0.0231 e. The van der Waals surface area contributed by atoms with Gasteiger partial charge in [-0.25, -0.2) is 0 Å². The first-order chi connectivity index (χ1) is 5.02. The van der Waals surface area contributed by atoms with Crippen molar-refractivity contribution in [1.29, 1.82) is 0 Å². The van der Waals surface area contributed by atoms with Crippen LogP contribution in [0.2, 0.25) is 0 Å². The Labute approximate surface area is 73.3 Å². The molecule has 0 aromatic rings. The Morgan fingerprint density at radius 2 is 1.64 bits per heavy atom. The van der Waals surface area contributed by atoms with Crippen LogP contribution in [0.1, 0.15) is 46.5 Å². The van der Waals surface area contributed by atoms with Gasteiger partial charge in [0, 0.05) is 0 Å². The zero-order valence-electron chi connectivity index (χ0n) is 8.06. The van der Waals surface area contributed by atoms with Crippen LogP contribution in [0.5, 0.6) is 0 Å². The van der Waals surface area contributed by atoms with Crippen LogP contribution in [0.25, 0.3) is 0 Å². The molecule has 1 rings (SSSR count). The van der Waals surface area contributed by atoms with E-state index in [0.29, 0.717) is 5.41 Å². The van der Waals surface area contributed by atoms with E-state index in [9.17, 15) is 0 Å². The molecule has 3 unspecified atom stereocenters. The van der Waals surface area contributed by atoms with Gasteiger partial charge in [0.1, 0.15) is 0 Å². The van der Waals surface area contributed by atoms with Gasteiger partial charge >= 0.3 is 0 Å². The standard InChI is InChI=1S/C10H21P/c1-10(2,3)8-6-4-5-7-9(8)11/h8-9H,4-7,11H2,1-3H3. The summed E-state index contributed by atoms with van der Waals surface area (Å²) in [5.74, 6) is 0.932. The Balaban J connectivity index is 2.55. The van der Waals surface area contributed by atoms with Crippen molar-refractivity contribution >= 4 is 9.24 Å².